The van der Waals surface area contributed by atoms with Crippen molar-refractivity contribution in [3.8, 4) is 0 Å². The van der Waals surface area contributed by atoms with Crippen molar-refractivity contribution in [2.45, 2.75) is 32.3 Å². The summed E-state index contributed by atoms with van der Waals surface area (Å²) in [5, 5.41) is 0. The third-order valence-corrected chi connectivity index (χ3v) is 4.08. The van der Waals surface area contributed by atoms with Crippen molar-refractivity contribution in [3.05, 3.63) is 71.8 Å². The van der Waals surface area contributed by atoms with E-state index in [-0.39, 0.29) is 12.4 Å². The number of carbonyl (C=O) groups is 1. The largest absolute Gasteiger partial charge is 0.369 e. The Hall–Kier alpha value is -1.93. The molecule has 2 aromatic carbocycles. The fourth-order valence-corrected chi connectivity index (χ4v) is 2.36. The standard InChI is InChI=1S/C19H22O2/c1-3-19(2,17-12-8-5-9-13-17)18(20)15-21-14-16-10-6-4-7-11-16/h4-13H,3,14-15H2,1-2H3/t19-/m0/s1. The van der Waals surface area contributed by atoms with Crippen LogP contribution >= 0.6 is 0 Å². The molecule has 0 aromatic heterocycles. The first kappa shape index (κ1) is 15.5. The number of hydrogen-bond acceptors (Lipinski definition) is 2. The first-order chi connectivity index (χ1) is 10.2. The van der Waals surface area contributed by atoms with Gasteiger partial charge in [0, 0.05) is 0 Å². The van der Waals surface area contributed by atoms with Crippen LogP contribution < -0.4 is 0 Å². The lowest BCUT2D eigenvalue weighted by Gasteiger charge is -2.27. The number of rotatable bonds is 7. The van der Waals surface area contributed by atoms with Gasteiger partial charge >= 0.3 is 0 Å². The van der Waals surface area contributed by atoms with E-state index in [9.17, 15) is 4.79 Å². The molecule has 0 spiro atoms. The molecular formula is C19H22O2. The Morgan fingerprint density at radius 1 is 1.00 bits per heavy atom. The molecule has 0 aliphatic heterocycles. The summed E-state index contributed by atoms with van der Waals surface area (Å²) in [6, 6.07) is 19.9. The lowest BCUT2D eigenvalue weighted by Crippen LogP contribution is -2.35. The molecule has 0 radical (unpaired) electrons. The Morgan fingerprint density at radius 3 is 2.14 bits per heavy atom. The highest BCUT2D eigenvalue weighted by Gasteiger charge is 2.32. The minimum Gasteiger partial charge on any atom is -0.369 e. The number of ether oxygens (including phenoxy) is 1. The van der Waals surface area contributed by atoms with Crippen LogP contribution in [0.4, 0.5) is 0 Å². The van der Waals surface area contributed by atoms with E-state index >= 15 is 0 Å². The second kappa shape index (κ2) is 7.19. The molecule has 0 amide bonds. The average molecular weight is 282 g/mol. The van der Waals surface area contributed by atoms with Crippen LogP contribution in [0.2, 0.25) is 0 Å². The van der Waals surface area contributed by atoms with Gasteiger partial charge in [-0.1, -0.05) is 67.6 Å². The van der Waals surface area contributed by atoms with Gasteiger partial charge in [-0.05, 0) is 24.5 Å². The van der Waals surface area contributed by atoms with Crippen LogP contribution in [0.5, 0.6) is 0 Å². The maximum absolute atomic E-state index is 12.6. The summed E-state index contributed by atoms with van der Waals surface area (Å²) in [6.07, 6.45) is 0.768. The molecule has 1 atom stereocenters. The summed E-state index contributed by atoms with van der Waals surface area (Å²) in [4.78, 5) is 12.6. The minimum atomic E-state index is -0.474. The van der Waals surface area contributed by atoms with Gasteiger partial charge in [0.2, 0.25) is 0 Å². The van der Waals surface area contributed by atoms with E-state index in [1.54, 1.807) is 0 Å². The number of Topliss-reactive ketones (excluding diaryl/α,β-unsaturated/α-hetero) is 1. The molecule has 110 valence electrons. The Morgan fingerprint density at radius 2 is 1.57 bits per heavy atom. The molecular weight excluding hydrogens is 260 g/mol. The highest BCUT2D eigenvalue weighted by atomic mass is 16.5. The van der Waals surface area contributed by atoms with E-state index in [4.69, 9.17) is 4.74 Å². The molecule has 0 unspecified atom stereocenters. The van der Waals surface area contributed by atoms with Gasteiger partial charge in [0.05, 0.1) is 12.0 Å². The SMILES string of the molecule is CC[C@](C)(C(=O)COCc1ccccc1)c1ccccc1. The predicted octanol–water partition coefficient (Wildman–Crippen LogP) is 4.14. The molecule has 0 N–H and O–H groups in total. The Labute approximate surface area is 126 Å². The average Bonchev–Trinajstić information content (AvgIpc) is 2.55. The maximum Gasteiger partial charge on any atom is 0.168 e. The second-order valence-corrected chi connectivity index (χ2v) is 5.45. The van der Waals surface area contributed by atoms with Crippen LogP contribution in [0, 0.1) is 0 Å². The fourth-order valence-electron chi connectivity index (χ4n) is 2.36. The fraction of sp³-hybridized carbons (Fsp3) is 0.316. The lowest BCUT2D eigenvalue weighted by atomic mass is 9.76. The van der Waals surface area contributed by atoms with E-state index in [0.29, 0.717) is 6.61 Å². The van der Waals surface area contributed by atoms with E-state index in [0.717, 1.165) is 17.5 Å². The summed E-state index contributed by atoms with van der Waals surface area (Å²) in [5.74, 6) is 0.132. The Bertz CT molecular complexity index is 563. The van der Waals surface area contributed by atoms with Gasteiger partial charge in [-0.15, -0.1) is 0 Å². The molecule has 21 heavy (non-hydrogen) atoms. The summed E-state index contributed by atoms with van der Waals surface area (Å²) in [5.41, 5.74) is 1.67. The van der Waals surface area contributed by atoms with Crippen molar-refractivity contribution < 1.29 is 9.53 Å². The zero-order valence-electron chi connectivity index (χ0n) is 12.7. The summed E-state index contributed by atoms with van der Waals surface area (Å²) < 4.78 is 5.60. The van der Waals surface area contributed by atoms with E-state index in [1.807, 2.05) is 74.5 Å². The third-order valence-electron chi connectivity index (χ3n) is 4.08. The van der Waals surface area contributed by atoms with Crippen LogP contribution in [-0.4, -0.2) is 12.4 Å². The van der Waals surface area contributed by atoms with Gasteiger partial charge < -0.3 is 4.74 Å². The molecule has 0 aliphatic rings. The normalized spacial score (nSPS) is 13.6. The maximum atomic E-state index is 12.6. The van der Waals surface area contributed by atoms with Crippen LogP contribution in [0.3, 0.4) is 0 Å². The highest BCUT2D eigenvalue weighted by molar-refractivity contribution is 5.90. The second-order valence-electron chi connectivity index (χ2n) is 5.45. The van der Waals surface area contributed by atoms with Crippen molar-refractivity contribution in [2.24, 2.45) is 0 Å². The molecule has 0 saturated carbocycles. The van der Waals surface area contributed by atoms with Crippen molar-refractivity contribution in [1.82, 2.24) is 0 Å². The van der Waals surface area contributed by atoms with Crippen LogP contribution in [0.1, 0.15) is 31.4 Å². The summed E-state index contributed by atoms with van der Waals surface area (Å²) in [7, 11) is 0. The topological polar surface area (TPSA) is 26.3 Å². The number of ketones is 1. The van der Waals surface area contributed by atoms with Crippen molar-refractivity contribution >= 4 is 5.78 Å². The van der Waals surface area contributed by atoms with Gasteiger partial charge in [0.25, 0.3) is 0 Å². The first-order valence-corrected chi connectivity index (χ1v) is 7.37. The zero-order valence-corrected chi connectivity index (χ0v) is 12.7. The van der Waals surface area contributed by atoms with Crippen LogP contribution in [-0.2, 0) is 21.6 Å². The van der Waals surface area contributed by atoms with Gasteiger partial charge in [-0.25, -0.2) is 0 Å². The van der Waals surface area contributed by atoms with Crippen molar-refractivity contribution in [2.75, 3.05) is 6.61 Å². The molecule has 0 saturated heterocycles. The van der Waals surface area contributed by atoms with E-state index in [1.165, 1.54) is 0 Å². The minimum absolute atomic E-state index is 0.132. The van der Waals surface area contributed by atoms with Crippen molar-refractivity contribution in [1.29, 1.82) is 0 Å². The van der Waals surface area contributed by atoms with Crippen LogP contribution in [0.25, 0.3) is 0 Å². The van der Waals surface area contributed by atoms with Crippen molar-refractivity contribution in [3.63, 3.8) is 0 Å². The van der Waals surface area contributed by atoms with Gasteiger partial charge in [-0.2, -0.15) is 0 Å². The molecule has 0 heterocycles. The van der Waals surface area contributed by atoms with Crippen LogP contribution in [0.15, 0.2) is 60.7 Å². The predicted molar refractivity (Wildman–Crippen MR) is 85.2 cm³/mol. The summed E-state index contributed by atoms with van der Waals surface area (Å²) >= 11 is 0. The molecule has 0 bridgehead atoms. The number of hydrogen-bond donors (Lipinski definition) is 0. The lowest BCUT2D eigenvalue weighted by molar-refractivity contribution is -0.129. The van der Waals surface area contributed by atoms with Gasteiger partial charge in [0.15, 0.2) is 5.78 Å². The highest BCUT2D eigenvalue weighted by Crippen LogP contribution is 2.28. The Balaban J connectivity index is 1.98. The first-order valence-electron chi connectivity index (χ1n) is 7.37. The third kappa shape index (κ3) is 3.79. The van der Waals surface area contributed by atoms with Gasteiger partial charge in [-0.3, -0.25) is 4.79 Å². The molecule has 2 aromatic rings. The molecule has 2 nitrogen and oxygen atoms in total. The van der Waals surface area contributed by atoms with E-state index in [2.05, 4.69) is 0 Å². The zero-order chi connectivity index (χ0) is 15.1. The number of carbonyl (C=O) groups excluding carboxylic acids is 1. The molecule has 0 aliphatic carbocycles. The van der Waals surface area contributed by atoms with Gasteiger partial charge in [0.1, 0.15) is 6.61 Å². The summed E-state index contributed by atoms with van der Waals surface area (Å²) in [6.45, 7) is 4.66. The monoisotopic (exact) mass is 282 g/mol. The molecule has 2 heteroatoms. The van der Waals surface area contributed by atoms with E-state index < -0.39 is 5.41 Å². The number of benzene rings is 2. The Kier molecular flexibility index (Phi) is 5.29. The quantitative estimate of drug-likeness (QED) is 0.763. The molecule has 0 fully saturated rings. The molecule has 2 rings (SSSR count). The smallest absolute Gasteiger partial charge is 0.168 e.